The van der Waals surface area contributed by atoms with Gasteiger partial charge >= 0.3 is 6.09 Å². The molecule has 11 heteroatoms. The molecular formula is C20H23FN6O2S2. The van der Waals surface area contributed by atoms with Crippen LogP contribution in [0.1, 0.15) is 18.3 Å². The molecular weight excluding hydrogens is 439 g/mol. The van der Waals surface area contributed by atoms with Crippen LogP contribution in [-0.4, -0.2) is 58.3 Å². The molecule has 8 nitrogen and oxygen atoms in total. The van der Waals surface area contributed by atoms with Crippen molar-refractivity contribution in [1.29, 1.82) is 0 Å². The highest BCUT2D eigenvalue weighted by Crippen LogP contribution is 2.25. The fraction of sp³-hybridized carbons (Fsp3) is 0.350. The maximum atomic E-state index is 14.5. The van der Waals surface area contributed by atoms with E-state index in [2.05, 4.69) is 25.9 Å². The van der Waals surface area contributed by atoms with E-state index in [4.69, 9.17) is 29.2 Å². The van der Waals surface area contributed by atoms with Crippen LogP contribution in [0.5, 0.6) is 0 Å². The second-order valence-corrected chi connectivity index (χ2v) is 7.96. The van der Waals surface area contributed by atoms with Gasteiger partial charge in [-0.2, -0.15) is 0 Å². The maximum Gasteiger partial charge on any atom is 0.414 e. The topological polar surface area (TPSA) is 91.4 Å². The van der Waals surface area contributed by atoms with Crippen molar-refractivity contribution in [3.05, 3.63) is 47.8 Å². The molecule has 3 N–H and O–H groups in total. The number of nitrogens with zero attached hydrogens (tertiary/aromatic N) is 3. The van der Waals surface area contributed by atoms with E-state index in [0.717, 1.165) is 5.69 Å². The highest BCUT2D eigenvalue weighted by Gasteiger charge is 2.32. The van der Waals surface area contributed by atoms with Crippen LogP contribution in [0.15, 0.2) is 30.6 Å². The first-order valence-electron chi connectivity index (χ1n) is 9.66. The van der Waals surface area contributed by atoms with Crippen LogP contribution in [0.25, 0.3) is 0 Å². The van der Waals surface area contributed by atoms with Gasteiger partial charge in [0.15, 0.2) is 0 Å². The average Bonchev–Trinajstić information content (AvgIpc) is 3.11. The van der Waals surface area contributed by atoms with Crippen molar-refractivity contribution >= 4 is 51.9 Å². The van der Waals surface area contributed by atoms with E-state index in [1.54, 1.807) is 31.5 Å². The van der Waals surface area contributed by atoms with Gasteiger partial charge in [0.25, 0.3) is 0 Å². The van der Waals surface area contributed by atoms with Crippen LogP contribution < -0.4 is 20.9 Å². The number of rotatable bonds is 8. The molecule has 2 heterocycles. The predicted octanol–water partition coefficient (Wildman–Crippen LogP) is 2.56. The van der Waals surface area contributed by atoms with Crippen molar-refractivity contribution < 1.29 is 13.9 Å². The minimum absolute atomic E-state index is 0.323. The Hall–Kier alpha value is -2.92. The van der Waals surface area contributed by atoms with Crippen LogP contribution in [-0.2, 0) is 4.74 Å². The zero-order chi connectivity index (χ0) is 22.4. The summed E-state index contributed by atoms with van der Waals surface area (Å²) in [7, 11) is 0. The highest BCUT2D eigenvalue weighted by molar-refractivity contribution is 7.80. The van der Waals surface area contributed by atoms with Crippen molar-refractivity contribution in [3.63, 3.8) is 0 Å². The summed E-state index contributed by atoms with van der Waals surface area (Å²) < 4.78 is 19.8. The quantitative estimate of drug-likeness (QED) is 0.404. The van der Waals surface area contributed by atoms with Gasteiger partial charge in [-0.1, -0.05) is 24.4 Å². The van der Waals surface area contributed by atoms with Gasteiger partial charge in [-0.05, 0) is 32.0 Å². The lowest BCUT2D eigenvalue weighted by atomic mass is 10.2. The number of aryl methyl sites for hydroxylation is 1. The summed E-state index contributed by atoms with van der Waals surface area (Å²) in [5.41, 5.74) is 2.16. The molecule has 0 saturated carbocycles. The molecule has 0 aliphatic carbocycles. The minimum atomic E-state index is -0.508. The number of hydrogen-bond acceptors (Lipinski definition) is 7. The number of halogens is 1. The van der Waals surface area contributed by atoms with Crippen LogP contribution in [0.4, 0.5) is 20.6 Å². The average molecular weight is 463 g/mol. The Bertz CT molecular complexity index is 973. The molecule has 1 aromatic carbocycles. The van der Waals surface area contributed by atoms with Crippen molar-refractivity contribution in [2.75, 3.05) is 36.4 Å². The van der Waals surface area contributed by atoms with Gasteiger partial charge in [0.1, 0.15) is 22.6 Å². The van der Waals surface area contributed by atoms with E-state index in [9.17, 15) is 9.18 Å². The second-order valence-electron chi connectivity index (χ2n) is 6.94. The smallest absolute Gasteiger partial charge is 0.414 e. The standard InChI is InChI=1S/C20H23FN6O2S2/c1-12-8-26-18(10-24-12)19(31)23-6-5-22-17-4-3-14(7-16(17)21)27-11-15(29-20(27)28)9-25-13(2)30/h3-4,7-8,10,15,22H,5-6,9,11H2,1-2H3,(H,23,31)(H,25,30)/t15-/m0/s1. The zero-order valence-electron chi connectivity index (χ0n) is 17.1. The maximum absolute atomic E-state index is 14.5. The number of amides is 1. The lowest BCUT2D eigenvalue weighted by Gasteiger charge is -2.15. The summed E-state index contributed by atoms with van der Waals surface area (Å²) in [5, 5.41) is 9.03. The third kappa shape index (κ3) is 6.28. The van der Waals surface area contributed by atoms with E-state index in [1.807, 2.05) is 6.92 Å². The Morgan fingerprint density at radius 3 is 2.74 bits per heavy atom. The van der Waals surface area contributed by atoms with Gasteiger partial charge in [-0.15, -0.1) is 0 Å². The molecule has 1 atom stereocenters. The predicted molar refractivity (Wildman–Crippen MR) is 125 cm³/mol. The van der Waals surface area contributed by atoms with Crippen molar-refractivity contribution in [1.82, 2.24) is 20.6 Å². The molecule has 164 valence electrons. The SMILES string of the molecule is CC(=S)NC[C@H]1CN(c2ccc(NCCNC(=S)c3cnc(C)cn3)c(F)c2)C(=O)O1. The van der Waals surface area contributed by atoms with E-state index in [0.29, 0.717) is 53.2 Å². The number of benzene rings is 1. The summed E-state index contributed by atoms with van der Waals surface area (Å²) in [5.74, 6) is -0.464. The van der Waals surface area contributed by atoms with E-state index in [1.165, 1.54) is 11.0 Å². The normalized spacial score (nSPS) is 15.4. The van der Waals surface area contributed by atoms with E-state index in [-0.39, 0.29) is 6.10 Å². The Labute approximate surface area is 190 Å². The van der Waals surface area contributed by atoms with Gasteiger partial charge in [0.2, 0.25) is 0 Å². The van der Waals surface area contributed by atoms with Crippen molar-refractivity contribution in [2.24, 2.45) is 0 Å². The molecule has 1 aliphatic heterocycles. The second kappa shape index (κ2) is 10.4. The zero-order valence-corrected chi connectivity index (χ0v) is 18.8. The minimum Gasteiger partial charge on any atom is -0.442 e. The number of hydrogen-bond donors (Lipinski definition) is 3. The molecule has 1 saturated heterocycles. The first-order valence-corrected chi connectivity index (χ1v) is 10.5. The summed E-state index contributed by atoms with van der Waals surface area (Å²) in [4.78, 5) is 23.0. The van der Waals surface area contributed by atoms with Gasteiger partial charge in [0, 0.05) is 19.3 Å². The van der Waals surface area contributed by atoms with Gasteiger partial charge in [0.05, 0.1) is 41.3 Å². The first-order chi connectivity index (χ1) is 14.8. The van der Waals surface area contributed by atoms with Gasteiger partial charge < -0.3 is 20.7 Å². The fourth-order valence-electron chi connectivity index (χ4n) is 2.89. The number of carbonyl (C=O) groups is 1. The van der Waals surface area contributed by atoms with Crippen LogP contribution in [0, 0.1) is 12.7 Å². The molecule has 2 aromatic rings. The molecule has 31 heavy (non-hydrogen) atoms. The Balaban J connectivity index is 1.49. The van der Waals surface area contributed by atoms with Crippen molar-refractivity contribution in [3.8, 4) is 0 Å². The lowest BCUT2D eigenvalue weighted by molar-refractivity contribution is 0.143. The number of anilines is 2. The number of ether oxygens (including phenoxy) is 1. The Morgan fingerprint density at radius 2 is 2.06 bits per heavy atom. The molecule has 1 amide bonds. The summed E-state index contributed by atoms with van der Waals surface area (Å²) in [6.45, 7) is 5.26. The number of nitrogens with one attached hydrogen (secondary N) is 3. The largest absolute Gasteiger partial charge is 0.442 e. The summed E-state index contributed by atoms with van der Waals surface area (Å²) in [6, 6.07) is 4.57. The fourth-order valence-corrected chi connectivity index (χ4v) is 3.18. The molecule has 0 radical (unpaired) electrons. The molecule has 1 aromatic heterocycles. The number of carbonyl (C=O) groups excluding carboxylic acids is 1. The van der Waals surface area contributed by atoms with E-state index < -0.39 is 11.9 Å². The molecule has 1 fully saturated rings. The summed E-state index contributed by atoms with van der Waals surface area (Å²) in [6.07, 6.45) is 2.40. The third-order valence-corrected chi connectivity index (χ3v) is 4.95. The molecule has 0 bridgehead atoms. The van der Waals surface area contributed by atoms with Crippen molar-refractivity contribution in [2.45, 2.75) is 20.0 Å². The lowest BCUT2D eigenvalue weighted by Crippen LogP contribution is -2.32. The van der Waals surface area contributed by atoms with Crippen LogP contribution in [0.3, 0.4) is 0 Å². The third-order valence-electron chi connectivity index (χ3n) is 4.46. The molecule has 0 unspecified atom stereocenters. The van der Waals surface area contributed by atoms with Crippen LogP contribution >= 0.6 is 24.4 Å². The van der Waals surface area contributed by atoms with E-state index >= 15 is 0 Å². The molecule has 1 aliphatic rings. The number of cyclic esters (lactones) is 1. The number of aromatic nitrogens is 2. The summed E-state index contributed by atoms with van der Waals surface area (Å²) >= 11 is 10.2. The number of thiocarbonyl (C=S) groups is 2. The van der Waals surface area contributed by atoms with Gasteiger partial charge in [-0.25, -0.2) is 9.18 Å². The molecule has 0 spiro atoms. The monoisotopic (exact) mass is 462 g/mol. The highest BCUT2D eigenvalue weighted by atomic mass is 32.1. The van der Waals surface area contributed by atoms with Gasteiger partial charge in [-0.3, -0.25) is 14.9 Å². The Morgan fingerprint density at radius 1 is 1.26 bits per heavy atom. The Kier molecular flexibility index (Phi) is 7.64. The molecule has 3 rings (SSSR count). The first kappa shape index (κ1) is 22.8. The van der Waals surface area contributed by atoms with Crippen LogP contribution in [0.2, 0.25) is 0 Å².